The molecule has 0 bridgehead atoms. The molecule has 0 aromatic carbocycles. The molecule has 4 nitrogen and oxygen atoms in total. The van der Waals surface area contributed by atoms with E-state index in [0.29, 0.717) is 11.3 Å². The van der Waals surface area contributed by atoms with Crippen molar-refractivity contribution in [3.8, 4) is 0 Å². The molecule has 0 spiro atoms. The van der Waals surface area contributed by atoms with Crippen LogP contribution in [0.1, 0.15) is 38.4 Å². The van der Waals surface area contributed by atoms with Crippen LogP contribution in [-0.4, -0.2) is 28.0 Å². The molecule has 1 saturated heterocycles. The number of thioether (sulfide) groups is 1. The Morgan fingerprint density at radius 2 is 2.44 bits per heavy atom. The number of aromatic nitrogens is 2. The van der Waals surface area contributed by atoms with E-state index in [1.54, 1.807) is 0 Å². The molecule has 1 aromatic heterocycles. The zero-order valence-corrected chi connectivity index (χ0v) is 10.7. The maximum atomic E-state index is 5.24. The van der Waals surface area contributed by atoms with E-state index in [-0.39, 0.29) is 0 Å². The fourth-order valence-corrected chi connectivity index (χ4v) is 2.41. The van der Waals surface area contributed by atoms with E-state index in [9.17, 15) is 0 Å². The molecule has 1 aliphatic rings. The highest BCUT2D eigenvalue weighted by molar-refractivity contribution is 7.99. The normalized spacial score (nSPS) is 20.8. The smallest absolute Gasteiger partial charge is 0.228 e. The molecule has 16 heavy (non-hydrogen) atoms. The van der Waals surface area contributed by atoms with Crippen molar-refractivity contribution >= 4 is 11.8 Å². The third-order valence-electron chi connectivity index (χ3n) is 2.64. The molecule has 2 rings (SSSR count). The van der Waals surface area contributed by atoms with Crippen LogP contribution in [0.25, 0.3) is 0 Å². The second kappa shape index (κ2) is 5.68. The Bertz CT molecular complexity index is 321. The number of rotatable bonds is 5. The van der Waals surface area contributed by atoms with Gasteiger partial charge in [-0.1, -0.05) is 19.0 Å². The Morgan fingerprint density at radius 3 is 3.12 bits per heavy atom. The van der Waals surface area contributed by atoms with Crippen LogP contribution in [0.4, 0.5) is 0 Å². The standard InChI is InChI=1S/C11H19N3OS/c1-8(2)16-7-10-13-11(15-14-10)6-9-4-3-5-12-9/h8-9,12H,3-7H2,1-2H3. The van der Waals surface area contributed by atoms with Crippen LogP contribution in [-0.2, 0) is 12.2 Å². The Kier molecular flexibility index (Phi) is 4.23. The largest absolute Gasteiger partial charge is 0.339 e. The van der Waals surface area contributed by atoms with Gasteiger partial charge in [-0.25, -0.2) is 0 Å². The van der Waals surface area contributed by atoms with Gasteiger partial charge in [-0.15, -0.1) is 0 Å². The van der Waals surface area contributed by atoms with Crippen LogP contribution in [0.2, 0.25) is 0 Å². The molecule has 1 aromatic rings. The van der Waals surface area contributed by atoms with E-state index in [4.69, 9.17) is 4.52 Å². The van der Waals surface area contributed by atoms with Gasteiger partial charge in [0.05, 0.1) is 5.75 Å². The minimum absolute atomic E-state index is 0.533. The topological polar surface area (TPSA) is 51.0 Å². The van der Waals surface area contributed by atoms with Crippen LogP contribution in [0.15, 0.2) is 4.52 Å². The fraction of sp³-hybridized carbons (Fsp3) is 0.818. The minimum Gasteiger partial charge on any atom is -0.339 e. The second-order valence-electron chi connectivity index (χ2n) is 4.46. The molecular formula is C11H19N3OS. The Labute approximate surface area is 101 Å². The van der Waals surface area contributed by atoms with Crippen molar-refractivity contribution in [3.05, 3.63) is 11.7 Å². The minimum atomic E-state index is 0.533. The van der Waals surface area contributed by atoms with E-state index in [1.165, 1.54) is 12.8 Å². The fourth-order valence-electron chi connectivity index (χ4n) is 1.81. The van der Waals surface area contributed by atoms with Gasteiger partial charge < -0.3 is 9.84 Å². The molecule has 0 aliphatic carbocycles. The van der Waals surface area contributed by atoms with Gasteiger partial charge in [-0.2, -0.15) is 16.7 Å². The predicted molar refractivity (Wildman–Crippen MR) is 65.5 cm³/mol. The lowest BCUT2D eigenvalue weighted by atomic mass is 10.2. The van der Waals surface area contributed by atoms with E-state index >= 15 is 0 Å². The highest BCUT2D eigenvalue weighted by Crippen LogP contribution is 2.16. The molecule has 90 valence electrons. The van der Waals surface area contributed by atoms with Gasteiger partial charge in [0.15, 0.2) is 5.82 Å². The summed E-state index contributed by atoms with van der Waals surface area (Å²) < 4.78 is 5.24. The summed E-state index contributed by atoms with van der Waals surface area (Å²) in [6.07, 6.45) is 3.35. The lowest BCUT2D eigenvalue weighted by molar-refractivity contribution is 0.361. The molecule has 2 heterocycles. The van der Waals surface area contributed by atoms with E-state index in [1.807, 2.05) is 11.8 Å². The first-order chi connectivity index (χ1) is 7.74. The number of hydrogen-bond donors (Lipinski definition) is 1. The van der Waals surface area contributed by atoms with E-state index in [0.717, 1.165) is 30.4 Å². The molecule has 0 saturated carbocycles. The monoisotopic (exact) mass is 241 g/mol. The second-order valence-corrected chi connectivity index (χ2v) is 6.03. The molecule has 1 atom stereocenters. The van der Waals surface area contributed by atoms with Crippen molar-refractivity contribution in [3.63, 3.8) is 0 Å². The quantitative estimate of drug-likeness (QED) is 0.854. The van der Waals surface area contributed by atoms with Gasteiger partial charge in [0.2, 0.25) is 5.89 Å². The third-order valence-corrected chi connectivity index (χ3v) is 3.73. The van der Waals surface area contributed by atoms with Crippen LogP contribution in [0, 0.1) is 0 Å². The maximum Gasteiger partial charge on any atom is 0.228 e. The molecule has 1 aliphatic heterocycles. The Balaban J connectivity index is 1.81. The summed E-state index contributed by atoms with van der Waals surface area (Å²) in [5.74, 6) is 2.45. The molecule has 1 N–H and O–H groups in total. The molecule has 0 amide bonds. The number of hydrogen-bond acceptors (Lipinski definition) is 5. The average molecular weight is 241 g/mol. The predicted octanol–water partition coefficient (Wildman–Crippen LogP) is 2.01. The summed E-state index contributed by atoms with van der Waals surface area (Å²) >= 11 is 1.84. The van der Waals surface area contributed by atoms with Gasteiger partial charge in [0.25, 0.3) is 0 Å². The van der Waals surface area contributed by atoms with Gasteiger partial charge in [0, 0.05) is 12.5 Å². The highest BCUT2D eigenvalue weighted by atomic mass is 32.2. The number of nitrogens with zero attached hydrogens (tertiary/aromatic N) is 2. The summed E-state index contributed by atoms with van der Waals surface area (Å²) in [6, 6.07) is 0.533. The first kappa shape index (κ1) is 11.9. The van der Waals surface area contributed by atoms with Crippen molar-refractivity contribution in [2.24, 2.45) is 0 Å². The van der Waals surface area contributed by atoms with Crippen molar-refractivity contribution < 1.29 is 4.52 Å². The van der Waals surface area contributed by atoms with Crippen molar-refractivity contribution in [1.29, 1.82) is 0 Å². The zero-order chi connectivity index (χ0) is 11.4. The van der Waals surface area contributed by atoms with Crippen LogP contribution < -0.4 is 5.32 Å². The zero-order valence-electron chi connectivity index (χ0n) is 9.90. The van der Waals surface area contributed by atoms with Crippen LogP contribution in [0.3, 0.4) is 0 Å². The van der Waals surface area contributed by atoms with Crippen molar-refractivity contribution in [2.75, 3.05) is 6.54 Å². The van der Waals surface area contributed by atoms with Crippen molar-refractivity contribution in [2.45, 2.75) is 50.2 Å². The van der Waals surface area contributed by atoms with E-state index in [2.05, 4.69) is 29.3 Å². The van der Waals surface area contributed by atoms with Gasteiger partial charge in [0.1, 0.15) is 0 Å². The van der Waals surface area contributed by atoms with Crippen molar-refractivity contribution in [1.82, 2.24) is 15.5 Å². The third kappa shape index (κ3) is 3.49. The molecule has 5 heteroatoms. The lowest BCUT2D eigenvalue weighted by Crippen LogP contribution is -2.23. The van der Waals surface area contributed by atoms with E-state index < -0.39 is 0 Å². The Hall–Kier alpha value is -0.550. The molecular weight excluding hydrogens is 222 g/mol. The molecule has 0 radical (unpaired) electrons. The van der Waals surface area contributed by atoms with Crippen LogP contribution in [0.5, 0.6) is 0 Å². The summed E-state index contributed by atoms with van der Waals surface area (Å²) in [5, 5.41) is 8.04. The van der Waals surface area contributed by atoms with Gasteiger partial charge >= 0.3 is 0 Å². The summed E-state index contributed by atoms with van der Waals surface area (Å²) in [6.45, 7) is 5.47. The highest BCUT2D eigenvalue weighted by Gasteiger charge is 2.18. The lowest BCUT2D eigenvalue weighted by Gasteiger charge is -2.04. The van der Waals surface area contributed by atoms with Gasteiger partial charge in [-0.05, 0) is 24.6 Å². The van der Waals surface area contributed by atoms with Gasteiger partial charge in [-0.3, -0.25) is 0 Å². The summed E-state index contributed by atoms with van der Waals surface area (Å²) in [4.78, 5) is 4.41. The SMILES string of the molecule is CC(C)SCc1noc(CC2CCCN2)n1. The number of nitrogens with one attached hydrogen (secondary N) is 1. The molecule has 1 fully saturated rings. The molecule has 1 unspecified atom stereocenters. The first-order valence-corrected chi connectivity index (χ1v) is 6.95. The summed E-state index contributed by atoms with van der Waals surface area (Å²) in [7, 11) is 0. The Morgan fingerprint density at radius 1 is 1.56 bits per heavy atom. The maximum absolute atomic E-state index is 5.24. The van der Waals surface area contributed by atoms with Crippen LogP contribution >= 0.6 is 11.8 Å². The summed E-state index contributed by atoms with van der Waals surface area (Å²) in [5.41, 5.74) is 0. The first-order valence-electron chi connectivity index (χ1n) is 5.90. The average Bonchev–Trinajstić information content (AvgIpc) is 2.87.